The van der Waals surface area contributed by atoms with Gasteiger partial charge in [-0.1, -0.05) is 0 Å². The number of hydrogen-bond donors (Lipinski definition) is 2. The third-order valence-corrected chi connectivity index (χ3v) is 4.31. The lowest BCUT2D eigenvalue weighted by atomic mass is 10.1. The van der Waals surface area contributed by atoms with Crippen molar-refractivity contribution in [3.8, 4) is 22.8 Å². The first-order valence-electron chi connectivity index (χ1n) is 8.10. The van der Waals surface area contributed by atoms with Crippen molar-refractivity contribution in [3.05, 3.63) is 18.2 Å². The summed E-state index contributed by atoms with van der Waals surface area (Å²) in [6, 6.07) is 6.10. The van der Waals surface area contributed by atoms with Gasteiger partial charge in [-0.25, -0.2) is 4.98 Å². The van der Waals surface area contributed by atoms with Crippen LogP contribution in [0.2, 0.25) is 0 Å². The first kappa shape index (κ1) is 15.5. The molecule has 1 fully saturated rings. The van der Waals surface area contributed by atoms with Crippen molar-refractivity contribution in [2.75, 3.05) is 25.3 Å². The molecule has 1 saturated carbocycles. The van der Waals surface area contributed by atoms with Crippen molar-refractivity contribution in [1.29, 1.82) is 0 Å². The van der Waals surface area contributed by atoms with Crippen molar-refractivity contribution in [2.24, 2.45) is 7.05 Å². The van der Waals surface area contributed by atoms with E-state index in [-0.39, 0.29) is 0 Å². The third kappa shape index (κ3) is 2.69. The molecule has 0 unspecified atom stereocenters. The summed E-state index contributed by atoms with van der Waals surface area (Å²) in [5.74, 6) is 2.38. The number of fused-ring (bicyclic) bond motifs is 1. The maximum absolute atomic E-state index is 6.21. The van der Waals surface area contributed by atoms with Crippen molar-refractivity contribution in [1.82, 2.24) is 19.7 Å². The number of nitrogen functional groups attached to an aromatic ring is 1. The molecule has 1 aliphatic carbocycles. The van der Waals surface area contributed by atoms with Gasteiger partial charge >= 0.3 is 0 Å². The van der Waals surface area contributed by atoms with Crippen LogP contribution in [0.15, 0.2) is 18.2 Å². The second-order valence-electron chi connectivity index (χ2n) is 6.09. The summed E-state index contributed by atoms with van der Waals surface area (Å²) in [5, 5.41) is 8.47. The Labute approximate surface area is 145 Å². The summed E-state index contributed by atoms with van der Waals surface area (Å²) >= 11 is 0. The zero-order valence-electron chi connectivity index (χ0n) is 14.4. The fraction of sp³-hybridized carbons (Fsp3) is 0.353. The van der Waals surface area contributed by atoms with Crippen LogP contribution in [0.5, 0.6) is 11.5 Å². The first-order valence-corrected chi connectivity index (χ1v) is 8.10. The van der Waals surface area contributed by atoms with E-state index in [2.05, 4.69) is 15.4 Å². The number of benzene rings is 1. The molecule has 1 aromatic carbocycles. The Morgan fingerprint density at radius 3 is 2.60 bits per heavy atom. The Kier molecular flexibility index (Phi) is 3.60. The van der Waals surface area contributed by atoms with Crippen LogP contribution >= 0.6 is 0 Å². The highest BCUT2D eigenvalue weighted by Crippen LogP contribution is 2.36. The van der Waals surface area contributed by atoms with Gasteiger partial charge in [-0.3, -0.25) is 4.68 Å². The Balaban J connectivity index is 1.92. The van der Waals surface area contributed by atoms with Gasteiger partial charge in [0.1, 0.15) is 5.82 Å². The van der Waals surface area contributed by atoms with Crippen molar-refractivity contribution in [3.63, 3.8) is 0 Å². The van der Waals surface area contributed by atoms with Gasteiger partial charge in [0, 0.05) is 18.7 Å². The van der Waals surface area contributed by atoms with Crippen molar-refractivity contribution < 1.29 is 9.47 Å². The third-order valence-electron chi connectivity index (χ3n) is 4.31. The highest BCUT2D eigenvalue weighted by atomic mass is 16.5. The number of ether oxygens (including phenoxy) is 2. The molecule has 4 rings (SSSR count). The Bertz CT molecular complexity index is 948. The lowest BCUT2D eigenvalue weighted by Crippen LogP contribution is -2.06. The summed E-state index contributed by atoms with van der Waals surface area (Å²) in [6.45, 7) is 0. The SMILES string of the molecule is COc1ccc(-c2nc(NC3CC3)nc3nn(C)c(N)c23)cc1OC. The average molecular weight is 340 g/mol. The number of nitrogens with two attached hydrogens (primary N) is 1. The van der Waals surface area contributed by atoms with E-state index >= 15 is 0 Å². The molecule has 1 aliphatic rings. The molecule has 2 heterocycles. The molecule has 0 radical (unpaired) electrons. The fourth-order valence-corrected chi connectivity index (χ4v) is 2.78. The number of aromatic nitrogens is 4. The predicted molar refractivity (Wildman–Crippen MR) is 95.9 cm³/mol. The average Bonchev–Trinajstić information content (AvgIpc) is 3.39. The molecule has 3 N–H and O–H groups in total. The molecule has 3 aromatic rings. The van der Waals surface area contributed by atoms with Crippen LogP contribution in [0, 0.1) is 0 Å². The number of rotatable bonds is 5. The predicted octanol–water partition coefficient (Wildman–Crippen LogP) is 2.20. The molecule has 8 heteroatoms. The highest BCUT2D eigenvalue weighted by Gasteiger charge is 2.24. The van der Waals surface area contributed by atoms with Gasteiger partial charge in [0.25, 0.3) is 0 Å². The Morgan fingerprint density at radius 1 is 1.16 bits per heavy atom. The maximum Gasteiger partial charge on any atom is 0.225 e. The second-order valence-corrected chi connectivity index (χ2v) is 6.09. The normalized spacial score (nSPS) is 13.9. The molecule has 0 spiro atoms. The summed E-state index contributed by atoms with van der Waals surface area (Å²) in [4.78, 5) is 9.21. The monoisotopic (exact) mass is 340 g/mol. The van der Waals surface area contributed by atoms with Gasteiger partial charge in [0.2, 0.25) is 5.95 Å². The summed E-state index contributed by atoms with van der Waals surface area (Å²) < 4.78 is 12.3. The van der Waals surface area contributed by atoms with Gasteiger partial charge in [0.15, 0.2) is 17.1 Å². The summed E-state index contributed by atoms with van der Waals surface area (Å²) in [5.41, 5.74) is 8.37. The van der Waals surface area contributed by atoms with Crippen molar-refractivity contribution >= 4 is 22.8 Å². The number of aryl methyl sites for hydroxylation is 1. The zero-order valence-corrected chi connectivity index (χ0v) is 14.4. The van der Waals surface area contributed by atoms with E-state index < -0.39 is 0 Å². The molecule has 8 nitrogen and oxygen atoms in total. The van der Waals surface area contributed by atoms with Crippen LogP contribution < -0.4 is 20.5 Å². The van der Waals surface area contributed by atoms with E-state index in [4.69, 9.17) is 20.2 Å². The Morgan fingerprint density at radius 2 is 1.92 bits per heavy atom. The van der Waals surface area contributed by atoms with Gasteiger partial charge in [0.05, 0.1) is 25.3 Å². The van der Waals surface area contributed by atoms with E-state index in [1.165, 1.54) is 0 Å². The van der Waals surface area contributed by atoms with E-state index in [1.54, 1.807) is 25.9 Å². The van der Waals surface area contributed by atoms with Gasteiger partial charge < -0.3 is 20.5 Å². The molecule has 0 aliphatic heterocycles. The highest BCUT2D eigenvalue weighted by molar-refractivity contribution is 5.99. The molecule has 130 valence electrons. The van der Waals surface area contributed by atoms with Crippen LogP contribution in [0.3, 0.4) is 0 Å². The molecule has 0 saturated heterocycles. The maximum atomic E-state index is 6.21. The van der Waals surface area contributed by atoms with E-state index in [0.29, 0.717) is 35.0 Å². The lowest BCUT2D eigenvalue weighted by molar-refractivity contribution is 0.355. The lowest BCUT2D eigenvalue weighted by Gasteiger charge is -2.11. The van der Waals surface area contributed by atoms with Crippen LogP contribution in [0.1, 0.15) is 12.8 Å². The summed E-state index contributed by atoms with van der Waals surface area (Å²) in [6.07, 6.45) is 2.27. The molecular weight excluding hydrogens is 320 g/mol. The molecular formula is C17H20N6O2. The molecule has 0 bridgehead atoms. The fourth-order valence-electron chi connectivity index (χ4n) is 2.78. The number of nitrogens with one attached hydrogen (secondary N) is 1. The molecule has 0 amide bonds. The van der Waals surface area contributed by atoms with Crippen LogP contribution in [0.25, 0.3) is 22.3 Å². The van der Waals surface area contributed by atoms with Crippen LogP contribution in [-0.4, -0.2) is 40.0 Å². The first-order chi connectivity index (χ1) is 12.1. The van der Waals surface area contributed by atoms with Gasteiger partial charge in [-0.2, -0.15) is 10.1 Å². The summed E-state index contributed by atoms with van der Waals surface area (Å²) in [7, 11) is 5.01. The van der Waals surface area contributed by atoms with E-state index in [0.717, 1.165) is 29.5 Å². The van der Waals surface area contributed by atoms with Crippen LogP contribution in [-0.2, 0) is 7.05 Å². The number of anilines is 2. The van der Waals surface area contributed by atoms with Gasteiger partial charge in [-0.15, -0.1) is 0 Å². The standard InChI is InChI=1S/C17H20N6O2/c1-23-15(18)13-14(9-4-7-11(24-2)12(8-9)25-3)20-17(19-10-5-6-10)21-16(13)22-23/h4,7-8,10H,5-6,18H2,1-3H3,(H,19,21,22). The number of hydrogen-bond acceptors (Lipinski definition) is 7. The largest absolute Gasteiger partial charge is 0.493 e. The topological polar surface area (TPSA) is 100 Å². The minimum Gasteiger partial charge on any atom is -0.493 e. The van der Waals surface area contributed by atoms with E-state index in [9.17, 15) is 0 Å². The quantitative estimate of drug-likeness (QED) is 0.734. The molecule has 2 aromatic heterocycles. The van der Waals surface area contributed by atoms with Crippen molar-refractivity contribution in [2.45, 2.75) is 18.9 Å². The minimum atomic E-state index is 0.441. The Hall–Kier alpha value is -3.03. The number of methoxy groups -OCH3 is 2. The minimum absolute atomic E-state index is 0.441. The van der Waals surface area contributed by atoms with E-state index in [1.807, 2.05) is 18.2 Å². The van der Waals surface area contributed by atoms with Crippen LogP contribution in [0.4, 0.5) is 11.8 Å². The zero-order chi connectivity index (χ0) is 17.6. The molecule has 0 atom stereocenters. The van der Waals surface area contributed by atoms with Gasteiger partial charge in [-0.05, 0) is 31.0 Å². The number of nitrogens with zero attached hydrogens (tertiary/aromatic N) is 4. The molecule has 25 heavy (non-hydrogen) atoms. The second kappa shape index (κ2) is 5.80. The smallest absolute Gasteiger partial charge is 0.225 e.